The van der Waals surface area contributed by atoms with E-state index in [0.717, 1.165) is 37.8 Å². The zero-order valence-corrected chi connectivity index (χ0v) is 25.1. The number of aromatic amines is 1. The number of hydrogen-bond acceptors (Lipinski definition) is 4. The average molecular weight is 611 g/mol. The molecule has 4 N–H and O–H groups in total. The number of carbonyl (C=O) groups is 3. The zero-order valence-electron chi connectivity index (χ0n) is 24.2. The number of benzene rings is 5. The summed E-state index contributed by atoms with van der Waals surface area (Å²) < 4.78 is 0. The number of amides is 3. The third kappa shape index (κ3) is 7.31. The van der Waals surface area contributed by atoms with Crippen LogP contribution in [-0.2, 0) is 9.59 Å². The van der Waals surface area contributed by atoms with Gasteiger partial charge in [0.1, 0.15) is 5.70 Å². The van der Waals surface area contributed by atoms with Gasteiger partial charge in [-0.25, -0.2) is 0 Å². The maximum atomic E-state index is 13.5. The Balaban J connectivity index is 1.09. The quantitative estimate of drug-likeness (QED) is 0.0937. The van der Waals surface area contributed by atoms with E-state index in [4.69, 9.17) is 0 Å². The minimum absolute atomic E-state index is 0.0465. The number of hydrogen-bond donors (Lipinski definition) is 4. The number of H-pyrrole nitrogens is 1. The van der Waals surface area contributed by atoms with Crippen molar-refractivity contribution in [3.8, 4) is 0 Å². The Bertz CT molecular complexity index is 2010. The molecule has 3 amide bonds. The Morgan fingerprint density at radius 1 is 0.711 bits per heavy atom. The summed E-state index contributed by atoms with van der Waals surface area (Å²) in [6.07, 6.45) is 3.83. The van der Waals surface area contributed by atoms with Crippen molar-refractivity contribution >= 4 is 68.6 Å². The van der Waals surface area contributed by atoms with Crippen molar-refractivity contribution in [1.29, 1.82) is 0 Å². The molecule has 0 fully saturated rings. The van der Waals surface area contributed by atoms with Crippen molar-refractivity contribution in [3.05, 3.63) is 144 Å². The van der Waals surface area contributed by atoms with Crippen molar-refractivity contribution < 1.29 is 14.4 Å². The standard InChI is InChI=1S/C37H30N4O3S/c42-35(40-33-16-8-12-25-9-4-5-13-30(25)33)21-22-45-29-19-17-28(18-20-29)39-37(44)34(41-36(43)26-10-2-1-3-11-26)23-27-24-38-32-15-7-6-14-31(27)32/h1-20,23-24,38H,21-22H2,(H,39,44)(H,40,42)(H,41,43)/b34-23-. The normalized spacial score (nSPS) is 11.3. The molecular weight excluding hydrogens is 580 g/mol. The third-order valence-corrected chi connectivity index (χ3v) is 8.24. The molecule has 222 valence electrons. The highest BCUT2D eigenvalue weighted by Crippen LogP contribution is 2.25. The average Bonchev–Trinajstić information content (AvgIpc) is 3.48. The second kappa shape index (κ2) is 13.8. The molecule has 0 radical (unpaired) electrons. The molecule has 0 unspecified atom stereocenters. The first-order chi connectivity index (χ1) is 22.0. The van der Waals surface area contributed by atoms with Crippen LogP contribution in [0.1, 0.15) is 22.3 Å². The number of thioether (sulfide) groups is 1. The van der Waals surface area contributed by atoms with Gasteiger partial charge in [-0.3, -0.25) is 14.4 Å². The van der Waals surface area contributed by atoms with Gasteiger partial charge >= 0.3 is 0 Å². The summed E-state index contributed by atoms with van der Waals surface area (Å²) in [5.41, 5.74) is 3.65. The highest BCUT2D eigenvalue weighted by Gasteiger charge is 2.16. The van der Waals surface area contributed by atoms with Crippen LogP contribution in [0.3, 0.4) is 0 Å². The van der Waals surface area contributed by atoms with Gasteiger partial charge in [-0.1, -0.05) is 72.8 Å². The maximum Gasteiger partial charge on any atom is 0.272 e. The molecule has 6 aromatic rings. The van der Waals surface area contributed by atoms with E-state index in [0.29, 0.717) is 23.4 Å². The first-order valence-electron chi connectivity index (χ1n) is 14.5. The van der Waals surface area contributed by atoms with Crippen LogP contribution in [0.25, 0.3) is 27.8 Å². The molecule has 1 heterocycles. The molecule has 0 saturated heterocycles. The molecule has 0 spiro atoms. The molecular formula is C37H30N4O3S. The smallest absolute Gasteiger partial charge is 0.272 e. The Morgan fingerprint density at radius 2 is 1.42 bits per heavy atom. The van der Waals surface area contributed by atoms with Gasteiger partial charge in [0.05, 0.1) is 0 Å². The van der Waals surface area contributed by atoms with E-state index >= 15 is 0 Å². The summed E-state index contributed by atoms with van der Waals surface area (Å²) >= 11 is 1.56. The molecule has 0 aliphatic carbocycles. The van der Waals surface area contributed by atoms with Crippen LogP contribution >= 0.6 is 11.8 Å². The summed E-state index contributed by atoms with van der Waals surface area (Å²) in [5.74, 6) is -0.274. The second-order valence-corrected chi connectivity index (χ2v) is 11.5. The molecule has 0 saturated carbocycles. The molecule has 0 aliphatic rings. The SMILES string of the molecule is O=C(CCSc1ccc(NC(=O)/C(=C/c2c[nH]c3ccccc23)NC(=O)c2ccccc2)cc1)Nc1cccc2ccccc12. The van der Waals surface area contributed by atoms with Gasteiger partial charge < -0.3 is 20.9 Å². The Labute approximate surface area is 264 Å². The minimum atomic E-state index is -0.449. The van der Waals surface area contributed by atoms with Crippen LogP contribution in [0.4, 0.5) is 11.4 Å². The number of rotatable bonds is 10. The van der Waals surface area contributed by atoms with E-state index in [-0.39, 0.29) is 17.5 Å². The van der Waals surface area contributed by atoms with E-state index in [9.17, 15) is 14.4 Å². The molecule has 0 aliphatic heterocycles. The largest absolute Gasteiger partial charge is 0.361 e. The highest BCUT2D eigenvalue weighted by molar-refractivity contribution is 7.99. The monoisotopic (exact) mass is 610 g/mol. The summed E-state index contributed by atoms with van der Waals surface area (Å²) in [7, 11) is 0. The summed E-state index contributed by atoms with van der Waals surface area (Å²) in [6.45, 7) is 0. The van der Waals surface area contributed by atoms with Gasteiger partial charge in [0.25, 0.3) is 11.8 Å². The lowest BCUT2D eigenvalue weighted by atomic mass is 10.1. The summed E-state index contributed by atoms with van der Waals surface area (Å²) in [5, 5.41) is 11.7. The first-order valence-corrected chi connectivity index (χ1v) is 15.5. The summed E-state index contributed by atoms with van der Waals surface area (Å²) in [6, 6.07) is 37.8. The van der Waals surface area contributed by atoms with Gasteiger partial charge in [-0.2, -0.15) is 0 Å². The van der Waals surface area contributed by atoms with Crippen LogP contribution in [0, 0.1) is 0 Å². The molecule has 6 rings (SSSR count). The van der Waals surface area contributed by atoms with E-state index in [1.165, 1.54) is 0 Å². The number of para-hydroxylation sites is 1. The van der Waals surface area contributed by atoms with Crippen molar-refractivity contribution in [2.75, 3.05) is 16.4 Å². The fourth-order valence-corrected chi connectivity index (χ4v) is 5.80. The fourth-order valence-electron chi connectivity index (χ4n) is 4.95. The van der Waals surface area contributed by atoms with Crippen LogP contribution in [0.2, 0.25) is 0 Å². The van der Waals surface area contributed by atoms with Crippen molar-refractivity contribution in [2.24, 2.45) is 0 Å². The van der Waals surface area contributed by atoms with Crippen LogP contribution in [-0.4, -0.2) is 28.5 Å². The molecule has 8 heteroatoms. The molecule has 0 atom stereocenters. The Morgan fingerprint density at radius 3 is 2.24 bits per heavy atom. The molecule has 0 bridgehead atoms. The third-order valence-electron chi connectivity index (χ3n) is 7.22. The predicted molar refractivity (Wildman–Crippen MR) is 183 cm³/mol. The van der Waals surface area contributed by atoms with Gasteiger partial charge in [-0.15, -0.1) is 11.8 Å². The summed E-state index contributed by atoms with van der Waals surface area (Å²) in [4.78, 5) is 43.2. The molecule has 7 nitrogen and oxygen atoms in total. The van der Waals surface area contributed by atoms with Gasteiger partial charge in [0, 0.05) is 62.1 Å². The number of fused-ring (bicyclic) bond motifs is 2. The van der Waals surface area contributed by atoms with E-state index in [1.807, 2.05) is 84.9 Å². The lowest BCUT2D eigenvalue weighted by Crippen LogP contribution is -2.30. The molecule has 45 heavy (non-hydrogen) atoms. The van der Waals surface area contributed by atoms with Crippen molar-refractivity contribution in [2.45, 2.75) is 11.3 Å². The van der Waals surface area contributed by atoms with Crippen LogP contribution in [0.15, 0.2) is 138 Å². The Kier molecular flexibility index (Phi) is 9.03. The van der Waals surface area contributed by atoms with Crippen LogP contribution < -0.4 is 16.0 Å². The number of anilines is 2. The van der Waals surface area contributed by atoms with Crippen LogP contribution in [0.5, 0.6) is 0 Å². The first kappa shape index (κ1) is 29.5. The minimum Gasteiger partial charge on any atom is -0.361 e. The van der Waals surface area contributed by atoms with Gasteiger partial charge in [0.15, 0.2) is 0 Å². The molecule has 1 aromatic heterocycles. The number of carbonyl (C=O) groups excluding carboxylic acids is 3. The van der Waals surface area contributed by atoms with Crippen molar-refractivity contribution in [3.63, 3.8) is 0 Å². The zero-order chi connectivity index (χ0) is 31.0. The van der Waals surface area contributed by atoms with E-state index < -0.39 is 5.91 Å². The van der Waals surface area contributed by atoms with E-state index in [2.05, 4.69) is 20.9 Å². The predicted octanol–water partition coefficient (Wildman–Crippen LogP) is 7.85. The number of aromatic nitrogens is 1. The maximum absolute atomic E-state index is 13.5. The molecule has 5 aromatic carbocycles. The van der Waals surface area contributed by atoms with Gasteiger partial charge in [0.2, 0.25) is 5.91 Å². The fraction of sp³-hybridized carbons (Fsp3) is 0.0541. The second-order valence-electron chi connectivity index (χ2n) is 10.3. The topological polar surface area (TPSA) is 103 Å². The van der Waals surface area contributed by atoms with E-state index in [1.54, 1.807) is 60.4 Å². The number of nitrogens with one attached hydrogen (secondary N) is 4. The Hall–Kier alpha value is -5.60. The lowest BCUT2D eigenvalue weighted by molar-refractivity contribution is -0.116. The van der Waals surface area contributed by atoms with Crippen molar-refractivity contribution in [1.82, 2.24) is 10.3 Å². The lowest BCUT2D eigenvalue weighted by Gasteiger charge is -2.12. The van der Waals surface area contributed by atoms with Gasteiger partial charge in [-0.05, 0) is 60.0 Å². The highest BCUT2D eigenvalue weighted by atomic mass is 32.2.